The third-order valence-corrected chi connectivity index (χ3v) is 4.07. The molecule has 1 saturated carbocycles. The second-order valence-electron chi connectivity index (χ2n) is 6.12. The maximum atomic E-state index is 12.1. The topological polar surface area (TPSA) is 94.1 Å². The summed E-state index contributed by atoms with van der Waals surface area (Å²) in [5.74, 6) is 1.73. The molecule has 0 saturated heterocycles. The Morgan fingerprint density at radius 1 is 1.16 bits per heavy atom. The van der Waals surface area contributed by atoms with E-state index in [1.165, 1.54) is 11.8 Å². The smallest absolute Gasteiger partial charge is 0.273 e. The normalized spacial score (nSPS) is 13.8. The fourth-order valence-corrected chi connectivity index (χ4v) is 2.52. The molecule has 2 heterocycles. The highest BCUT2D eigenvalue weighted by molar-refractivity contribution is 5.91. The minimum atomic E-state index is -0.300. The minimum absolute atomic E-state index is 0.194. The molecule has 1 aliphatic carbocycles. The van der Waals surface area contributed by atoms with Crippen molar-refractivity contribution in [2.45, 2.75) is 38.1 Å². The van der Waals surface area contributed by atoms with Gasteiger partial charge in [0.25, 0.3) is 5.91 Å². The second-order valence-corrected chi connectivity index (χ2v) is 6.12. The first-order chi connectivity index (χ1) is 12.3. The van der Waals surface area contributed by atoms with Crippen LogP contribution in [-0.4, -0.2) is 21.0 Å². The molecule has 3 aromatic rings. The van der Waals surface area contributed by atoms with E-state index in [-0.39, 0.29) is 18.1 Å². The van der Waals surface area contributed by atoms with Gasteiger partial charge in [0.15, 0.2) is 17.4 Å². The molecule has 0 unspecified atom stereocenters. The molecule has 1 N–H and O–H groups in total. The molecule has 7 heteroatoms. The number of carbonyl (C=O) groups excluding carboxylic acids is 1. The predicted octanol–water partition coefficient (Wildman–Crippen LogP) is 2.65. The average Bonchev–Trinajstić information content (AvgIpc) is 3.20. The highest BCUT2D eigenvalue weighted by atomic mass is 16.5. The maximum absolute atomic E-state index is 12.1. The molecule has 7 nitrogen and oxygen atoms in total. The molecule has 1 aliphatic rings. The first-order valence-corrected chi connectivity index (χ1v) is 8.37. The van der Waals surface area contributed by atoms with Crippen LogP contribution in [0.15, 0.2) is 45.5 Å². The fourth-order valence-electron chi connectivity index (χ4n) is 2.52. The molecule has 0 bridgehead atoms. The van der Waals surface area contributed by atoms with E-state index >= 15 is 0 Å². The summed E-state index contributed by atoms with van der Waals surface area (Å²) in [5.41, 5.74) is 1.50. The lowest BCUT2D eigenvalue weighted by Gasteiger charge is -1.98. The van der Waals surface area contributed by atoms with Crippen LogP contribution in [-0.2, 0) is 19.4 Å². The Morgan fingerprint density at radius 2 is 2.00 bits per heavy atom. The lowest BCUT2D eigenvalue weighted by atomic mass is 10.1. The molecular formula is C18H18N4O3. The van der Waals surface area contributed by atoms with Crippen molar-refractivity contribution in [1.82, 2.24) is 20.4 Å². The van der Waals surface area contributed by atoms with Gasteiger partial charge in [-0.25, -0.2) is 4.98 Å². The van der Waals surface area contributed by atoms with Crippen molar-refractivity contribution >= 4 is 5.91 Å². The summed E-state index contributed by atoms with van der Waals surface area (Å²) in [5, 5.41) is 6.62. The van der Waals surface area contributed by atoms with E-state index in [4.69, 9.17) is 8.94 Å². The maximum Gasteiger partial charge on any atom is 0.273 e. The van der Waals surface area contributed by atoms with E-state index in [1.54, 1.807) is 0 Å². The number of hydrogen-bond acceptors (Lipinski definition) is 6. The van der Waals surface area contributed by atoms with Gasteiger partial charge in [0.2, 0.25) is 5.89 Å². The Hall–Kier alpha value is -2.96. The van der Waals surface area contributed by atoms with Gasteiger partial charge in [0.05, 0.1) is 6.54 Å². The average molecular weight is 338 g/mol. The number of nitrogens with zero attached hydrogens (tertiary/aromatic N) is 3. The first kappa shape index (κ1) is 15.6. The van der Waals surface area contributed by atoms with E-state index in [1.807, 2.05) is 18.2 Å². The largest absolute Gasteiger partial charge is 0.448 e. The standard InChI is InChI=1S/C18H18N4O3/c23-17(14-11-24-18(20-14)13-7-8-13)19-10-15-21-16(25-22-15)9-6-12-4-2-1-3-5-12/h1-5,11,13H,6-10H2,(H,19,23). The van der Waals surface area contributed by atoms with Gasteiger partial charge in [-0.3, -0.25) is 4.79 Å². The molecule has 2 aromatic heterocycles. The summed E-state index contributed by atoms with van der Waals surface area (Å²) in [6.07, 6.45) is 5.05. The van der Waals surface area contributed by atoms with E-state index in [0.717, 1.165) is 19.3 Å². The van der Waals surface area contributed by atoms with Gasteiger partial charge < -0.3 is 14.3 Å². The quantitative estimate of drug-likeness (QED) is 0.712. The number of oxazole rings is 1. The van der Waals surface area contributed by atoms with Gasteiger partial charge in [0.1, 0.15) is 6.26 Å². The van der Waals surface area contributed by atoms with Crippen molar-refractivity contribution in [1.29, 1.82) is 0 Å². The molecule has 128 valence electrons. The fraction of sp³-hybridized carbons (Fsp3) is 0.333. The third-order valence-electron chi connectivity index (χ3n) is 4.07. The molecule has 0 spiro atoms. The molecule has 1 amide bonds. The number of nitrogens with one attached hydrogen (secondary N) is 1. The third kappa shape index (κ3) is 3.93. The molecule has 0 radical (unpaired) electrons. The Labute approximate surface area is 144 Å². The van der Waals surface area contributed by atoms with Crippen molar-refractivity contribution in [2.75, 3.05) is 0 Å². The van der Waals surface area contributed by atoms with Crippen molar-refractivity contribution in [3.8, 4) is 0 Å². The highest BCUT2D eigenvalue weighted by Crippen LogP contribution is 2.39. The molecule has 0 aliphatic heterocycles. The summed E-state index contributed by atoms with van der Waals surface area (Å²) in [6.45, 7) is 0.194. The van der Waals surface area contributed by atoms with E-state index in [2.05, 4.69) is 32.6 Å². The van der Waals surface area contributed by atoms with Crippen molar-refractivity contribution in [3.63, 3.8) is 0 Å². The van der Waals surface area contributed by atoms with Crippen LogP contribution in [0.1, 0.15) is 52.4 Å². The zero-order chi connectivity index (χ0) is 17.1. The van der Waals surface area contributed by atoms with Crippen LogP contribution in [0.5, 0.6) is 0 Å². The Kier molecular flexibility index (Phi) is 4.28. The molecule has 0 atom stereocenters. The molecule has 1 aromatic carbocycles. The summed E-state index contributed by atoms with van der Waals surface area (Å²) in [4.78, 5) is 20.6. The number of carbonyl (C=O) groups is 1. The SMILES string of the molecule is O=C(NCc1noc(CCc2ccccc2)n1)c1coc(C2CC2)n1. The summed E-state index contributed by atoms with van der Waals surface area (Å²) in [6, 6.07) is 10.1. The highest BCUT2D eigenvalue weighted by Gasteiger charge is 2.29. The van der Waals surface area contributed by atoms with E-state index < -0.39 is 0 Å². The summed E-state index contributed by atoms with van der Waals surface area (Å²) in [7, 11) is 0. The van der Waals surface area contributed by atoms with Crippen molar-refractivity contribution in [3.05, 3.63) is 65.5 Å². The minimum Gasteiger partial charge on any atom is -0.448 e. The van der Waals surface area contributed by atoms with Crippen LogP contribution in [0.3, 0.4) is 0 Å². The van der Waals surface area contributed by atoms with Crippen molar-refractivity contribution < 1.29 is 13.7 Å². The van der Waals surface area contributed by atoms with Gasteiger partial charge in [-0.1, -0.05) is 35.5 Å². The molecule has 1 fully saturated rings. The molecule has 25 heavy (non-hydrogen) atoms. The van der Waals surface area contributed by atoms with Gasteiger partial charge in [-0.15, -0.1) is 0 Å². The zero-order valence-corrected chi connectivity index (χ0v) is 13.6. The van der Waals surface area contributed by atoms with Crippen LogP contribution in [0.2, 0.25) is 0 Å². The number of rotatable bonds is 7. The molecule has 4 rings (SSSR count). The summed E-state index contributed by atoms with van der Waals surface area (Å²) >= 11 is 0. The lowest BCUT2D eigenvalue weighted by Crippen LogP contribution is -2.23. The van der Waals surface area contributed by atoms with Crippen molar-refractivity contribution in [2.24, 2.45) is 0 Å². The van der Waals surface area contributed by atoms with Gasteiger partial charge >= 0.3 is 0 Å². The van der Waals surface area contributed by atoms with Crippen LogP contribution < -0.4 is 5.32 Å². The van der Waals surface area contributed by atoms with Gasteiger partial charge in [-0.05, 0) is 24.8 Å². The lowest BCUT2D eigenvalue weighted by molar-refractivity contribution is 0.0944. The molecular weight excluding hydrogens is 320 g/mol. The predicted molar refractivity (Wildman–Crippen MR) is 87.8 cm³/mol. The Bertz CT molecular complexity index is 852. The van der Waals surface area contributed by atoms with Crippen LogP contribution in [0, 0.1) is 0 Å². The van der Waals surface area contributed by atoms with Crippen LogP contribution in [0.4, 0.5) is 0 Å². The second kappa shape index (κ2) is 6.88. The number of amides is 1. The number of aryl methyl sites for hydroxylation is 2. The van der Waals surface area contributed by atoms with Gasteiger partial charge in [0, 0.05) is 12.3 Å². The van der Waals surface area contributed by atoms with Crippen LogP contribution in [0.25, 0.3) is 0 Å². The van der Waals surface area contributed by atoms with Gasteiger partial charge in [-0.2, -0.15) is 4.98 Å². The Balaban J connectivity index is 1.28. The first-order valence-electron chi connectivity index (χ1n) is 8.37. The number of benzene rings is 1. The van der Waals surface area contributed by atoms with Crippen LogP contribution >= 0.6 is 0 Å². The monoisotopic (exact) mass is 338 g/mol. The van der Waals surface area contributed by atoms with E-state index in [0.29, 0.717) is 29.9 Å². The number of hydrogen-bond donors (Lipinski definition) is 1. The summed E-state index contributed by atoms with van der Waals surface area (Å²) < 4.78 is 10.5. The number of aromatic nitrogens is 3. The zero-order valence-electron chi connectivity index (χ0n) is 13.6. The Morgan fingerprint density at radius 3 is 2.80 bits per heavy atom. The van der Waals surface area contributed by atoms with E-state index in [9.17, 15) is 4.79 Å².